The van der Waals surface area contributed by atoms with E-state index in [1.165, 1.54) is 100 Å². The molecule has 0 N–H and O–H groups in total. The summed E-state index contributed by atoms with van der Waals surface area (Å²) in [5.41, 5.74) is 27.0. The minimum absolute atomic E-state index is 0.0142. The molecule has 0 saturated heterocycles. The third-order valence-corrected chi connectivity index (χ3v) is 15.1. The monoisotopic (exact) mass is 821 g/mol. The SMILES string of the molecule is CC1(C)c2ccccc2-c2cc(-c3ccc(N(c4cccc(-c5ccc6c(c5)-c5ccccc5C6(C)C)c4)c4cccc(-c5ccc6c(c5)-c5ccccc5C6(C)C)c4)cc3)ccc21. The summed E-state index contributed by atoms with van der Waals surface area (Å²) in [5.74, 6) is 0. The maximum absolute atomic E-state index is 2.43. The molecule has 9 aromatic rings. The van der Waals surface area contributed by atoms with Crippen LogP contribution >= 0.6 is 0 Å². The number of benzene rings is 9. The molecule has 308 valence electrons. The topological polar surface area (TPSA) is 3.24 Å². The Hall–Kier alpha value is -7.22. The van der Waals surface area contributed by atoms with Gasteiger partial charge in [0, 0.05) is 33.3 Å². The molecule has 0 aromatic heterocycles. The fourth-order valence-corrected chi connectivity index (χ4v) is 11.6. The Labute approximate surface area is 378 Å². The van der Waals surface area contributed by atoms with E-state index in [9.17, 15) is 0 Å². The standard InChI is InChI=1S/C63H51N/c1-61(2)55-22-10-7-19-49(55)52-37-43(27-32-58(52)61)40-25-30-46(31-26-40)64(47-17-13-15-41(35-47)44-28-33-59-53(38-44)50-20-8-11-23-56(50)62(59,3)4)48-18-14-16-42(36-48)45-29-34-60-54(39-45)51-21-9-12-24-57(51)63(60,5)6/h7-39H,1-6H3. The second-order valence-corrected chi connectivity index (χ2v) is 19.8. The Bertz CT molecular complexity index is 3210. The van der Waals surface area contributed by atoms with Crippen LogP contribution in [0.25, 0.3) is 66.8 Å². The van der Waals surface area contributed by atoms with Crippen LogP contribution in [0.1, 0.15) is 74.9 Å². The number of rotatable bonds is 6. The highest BCUT2D eigenvalue weighted by atomic mass is 15.1. The average molecular weight is 822 g/mol. The predicted molar refractivity (Wildman–Crippen MR) is 270 cm³/mol. The van der Waals surface area contributed by atoms with Gasteiger partial charge in [-0.25, -0.2) is 0 Å². The van der Waals surface area contributed by atoms with Crippen molar-refractivity contribution < 1.29 is 0 Å². The summed E-state index contributed by atoms with van der Waals surface area (Å²) in [6.07, 6.45) is 0. The smallest absolute Gasteiger partial charge is 0.0467 e. The van der Waals surface area contributed by atoms with Gasteiger partial charge >= 0.3 is 0 Å². The molecule has 1 heteroatoms. The van der Waals surface area contributed by atoms with E-state index in [0.29, 0.717) is 0 Å². The molecule has 0 spiro atoms. The van der Waals surface area contributed by atoms with Gasteiger partial charge in [-0.2, -0.15) is 0 Å². The zero-order valence-electron chi connectivity index (χ0n) is 37.5. The van der Waals surface area contributed by atoms with Crippen LogP contribution in [0, 0.1) is 0 Å². The zero-order valence-corrected chi connectivity index (χ0v) is 37.5. The number of fused-ring (bicyclic) bond motifs is 9. The van der Waals surface area contributed by atoms with Crippen LogP contribution in [0.15, 0.2) is 200 Å². The molecule has 0 heterocycles. The number of anilines is 3. The van der Waals surface area contributed by atoms with Gasteiger partial charge in [-0.3, -0.25) is 0 Å². The lowest BCUT2D eigenvalue weighted by Gasteiger charge is -2.27. The Morgan fingerprint density at radius 2 is 0.547 bits per heavy atom. The van der Waals surface area contributed by atoms with Crippen molar-refractivity contribution in [3.05, 3.63) is 234 Å². The van der Waals surface area contributed by atoms with Gasteiger partial charge in [-0.05, 0) is 155 Å². The first kappa shape index (κ1) is 38.5. The van der Waals surface area contributed by atoms with Crippen LogP contribution in [0.2, 0.25) is 0 Å². The molecule has 0 aliphatic heterocycles. The predicted octanol–water partition coefficient (Wildman–Crippen LogP) is 17.1. The van der Waals surface area contributed by atoms with Gasteiger partial charge in [0.1, 0.15) is 0 Å². The maximum Gasteiger partial charge on any atom is 0.0467 e. The summed E-state index contributed by atoms with van der Waals surface area (Å²) in [4.78, 5) is 2.43. The first-order valence-electron chi connectivity index (χ1n) is 22.8. The summed E-state index contributed by atoms with van der Waals surface area (Å²) in [7, 11) is 0. The largest absolute Gasteiger partial charge is 0.310 e. The first-order valence-corrected chi connectivity index (χ1v) is 22.8. The van der Waals surface area contributed by atoms with Gasteiger partial charge in [-0.15, -0.1) is 0 Å². The fourth-order valence-electron chi connectivity index (χ4n) is 11.6. The van der Waals surface area contributed by atoms with E-state index in [1.807, 2.05) is 0 Å². The van der Waals surface area contributed by atoms with Crippen molar-refractivity contribution in [3.8, 4) is 66.8 Å². The Balaban J connectivity index is 0.963. The summed E-state index contributed by atoms with van der Waals surface area (Å²) < 4.78 is 0. The second-order valence-electron chi connectivity index (χ2n) is 19.8. The summed E-state index contributed by atoms with van der Waals surface area (Å²) in [6, 6.07) is 75.3. The quantitative estimate of drug-likeness (QED) is 0.161. The molecule has 0 radical (unpaired) electrons. The van der Waals surface area contributed by atoms with Crippen molar-refractivity contribution >= 4 is 17.1 Å². The number of hydrogen-bond donors (Lipinski definition) is 0. The molecule has 0 atom stereocenters. The van der Waals surface area contributed by atoms with E-state index in [2.05, 4.69) is 247 Å². The molecule has 12 rings (SSSR count). The van der Waals surface area contributed by atoms with Crippen LogP contribution in [0.3, 0.4) is 0 Å². The fraction of sp³-hybridized carbons (Fsp3) is 0.143. The van der Waals surface area contributed by atoms with Crippen molar-refractivity contribution in [2.45, 2.75) is 57.8 Å². The third-order valence-electron chi connectivity index (χ3n) is 15.1. The van der Waals surface area contributed by atoms with E-state index in [1.54, 1.807) is 0 Å². The van der Waals surface area contributed by atoms with Crippen LogP contribution in [0.4, 0.5) is 17.1 Å². The van der Waals surface area contributed by atoms with E-state index in [0.717, 1.165) is 17.1 Å². The van der Waals surface area contributed by atoms with Crippen molar-refractivity contribution in [2.75, 3.05) is 4.90 Å². The molecule has 64 heavy (non-hydrogen) atoms. The highest BCUT2D eigenvalue weighted by Gasteiger charge is 2.37. The van der Waals surface area contributed by atoms with Gasteiger partial charge in [0.15, 0.2) is 0 Å². The highest BCUT2D eigenvalue weighted by molar-refractivity contribution is 5.90. The third kappa shape index (κ3) is 5.70. The molecule has 0 bridgehead atoms. The lowest BCUT2D eigenvalue weighted by molar-refractivity contribution is 0.660. The number of nitrogens with zero attached hydrogens (tertiary/aromatic N) is 1. The zero-order chi connectivity index (χ0) is 43.5. The van der Waals surface area contributed by atoms with E-state index >= 15 is 0 Å². The molecule has 0 amide bonds. The van der Waals surface area contributed by atoms with Gasteiger partial charge in [-0.1, -0.05) is 187 Å². The molecular formula is C63H51N. The molecule has 1 nitrogen and oxygen atoms in total. The van der Waals surface area contributed by atoms with Crippen LogP contribution in [-0.2, 0) is 16.2 Å². The summed E-state index contributed by atoms with van der Waals surface area (Å²) >= 11 is 0. The summed E-state index contributed by atoms with van der Waals surface area (Å²) in [6.45, 7) is 14.1. The Morgan fingerprint density at radius 1 is 0.234 bits per heavy atom. The Morgan fingerprint density at radius 3 is 0.938 bits per heavy atom. The molecule has 3 aliphatic rings. The van der Waals surface area contributed by atoms with Crippen LogP contribution in [0.5, 0.6) is 0 Å². The van der Waals surface area contributed by atoms with Crippen molar-refractivity contribution in [1.29, 1.82) is 0 Å². The molecule has 3 aliphatic carbocycles. The average Bonchev–Trinajstić information content (AvgIpc) is 3.81. The second kappa shape index (κ2) is 13.9. The maximum atomic E-state index is 2.43. The van der Waals surface area contributed by atoms with Gasteiger partial charge in [0.05, 0.1) is 0 Å². The van der Waals surface area contributed by atoms with Crippen LogP contribution < -0.4 is 4.90 Å². The number of hydrogen-bond acceptors (Lipinski definition) is 1. The minimum atomic E-state index is -0.0282. The van der Waals surface area contributed by atoms with E-state index in [4.69, 9.17) is 0 Å². The molecule has 0 unspecified atom stereocenters. The lowest BCUT2D eigenvalue weighted by atomic mass is 9.82. The van der Waals surface area contributed by atoms with Gasteiger partial charge in [0.25, 0.3) is 0 Å². The minimum Gasteiger partial charge on any atom is -0.310 e. The lowest BCUT2D eigenvalue weighted by Crippen LogP contribution is -2.14. The summed E-state index contributed by atoms with van der Waals surface area (Å²) in [5, 5.41) is 0. The van der Waals surface area contributed by atoms with Crippen molar-refractivity contribution in [2.24, 2.45) is 0 Å². The normalized spacial score (nSPS) is 15.1. The van der Waals surface area contributed by atoms with Gasteiger partial charge in [0.2, 0.25) is 0 Å². The van der Waals surface area contributed by atoms with Gasteiger partial charge < -0.3 is 4.90 Å². The molecule has 9 aromatic carbocycles. The van der Waals surface area contributed by atoms with Crippen molar-refractivity contribution in [1.82, 2.24) is 0 Å². The first-order chi connectivity index (χ1) is 31.0. The molecule has 0 saturated carbocycles. The van der Waals surface area contributed by atoms with E-state index in [-0.39, 0.29) is 16.2 Å². The molecule has 0 fully saturated rings. The Kier molecular flexibility index (Phi) is 8.35. The van der Waals surface area contributed by atoms with E-state index < -0.39 is 0 Å². The van der Waals surface area contributed by atoms with Crippen LogP contribution in [-0.4, -0.2) is 0 Å². The highest BCUT2D eigenvalue weighted by Crippen LogP contribution is 2.53. The molecular weight excluding hydrogens is 771 g/mol. The van der Waals surface area contributed by atoms with Crippen molar-refractivity contribution in [3.63, 3.8) is 0 Å².